The first kappa shape index (κ1) is 12.2. The number of hydrogen-bond acceptors (Lipinski definition) is 3. The lowest BCUT2D eigenvalue weighted by molar-refractivity contribution is -0.128. The van der Waals surface area contributed by atoms with Crippen LogP contribution < -0.4 is 5.32 Å². The third kappa shape index (κ3) is 1.91. The molecule has 1 saturated heterocycles. The molecule has 1 aromatic rings. The largest absolute Gasteiger partial charge is 0.465 e. The summed E-state index contributed by atoms with van der Waals surface area (Å²) in [7, 11) is 1.39. The number of esters is 1. The Hall–Kier alpha value is -1.84. The molecular formula is C15H17NO3. The van der Waals surface area contributed by atoms with E-state index in [1.165, 1.54) is 18.2 Å². The summed E-state index contributed by atoms with van der Waals surface area (Å²) >= 11 is 0. The third-order valence-electron chi connectivity index (χ3n) is 4.40. The number of amides is 1. The Bertz CT molecular complexity index is 552. The molecule has 3 rings (SSSR count). The Kier molecular flexibility index (Phi) is 2.81. The van der Waals surface area contributed by atoms with Gasteiger partial charge in [0.1, 0.15) is 0 Å². The number of nitrogens with one attached hydrogen (secondary N) is 1. The Balaban J connectivity index is 1.91. The molecule has 0 radical (unpaired) electrons. The molecule has 1 N–H and O–H groups in total. The van der Waals surface area contributed by atoms with Crippen LogP contribution in [0.25, 0.3) is 0 Å². The Morgan fingerprint density at radius 3 is 2.84 bits per heavy atom. The van der Waals surface area contributed by atoms with Crippen LogP contribution in [0.3, 0.4) is 0 Å². The van der Waals surface area contributed by atoms with Crippen LogP contribution in [-0.2, 0) is 22.4 Å². The number of rotatable bonds is 1. The molecule has 1 spiro atoms. The zero-order valence-electron chi connectivity index (χ0n) is 11.0. The molecule has 1 amide bonds. The van der Waals surface area contributed by atoms with Gasteiger partial charge in [-0.2, -0.15) is 0 Å². The normalized spacial score (nSPS) is 25.0. The molecule has 100 valence electrons. The maximum atomic E-state index is 12.0. The van der Waals surface area contributed by atoms with E-state index in [2.05, 4.69) is 5.32 Å². The fraction of sp³-hybridized carbons (Fsp3) is 0.467. The van der Waals surface area contributed by atoms with Gasteiger partial charge in [-0.05, 0) is 48.9 Å². The smallest absolute Gasteiger partial charge is 0.337 e. The van der Waals surface area contributed by atoms with E-state index in [-0.39, 0.29) is 17.3 Å². The number of hydrogen-bond donors (Lipinski definition) is 1. The van der Waals surface area contributed by atoms with Crippen LogP contribution in [0.4, 0.5) is 0 Å². The van der Waals surface area contributed by atoms with Crippen LogP contribution in [0.5, 0.6) is 0 Å². The number of methoxy groups -OCH3 is 1. The number of fused-ring (bicyclic) bond motifs is 1. The predicted octanol–water partition coefficient (Wildman–Crippen LogP) is 1.47. The van der Waals surface area contributed by atoms with Gasteiger partial charge in [-0.3, -0.25) is 4.79 Å². The van der Waals surface area contributed by atoms with E-state index in [1.807, 2.05) is 12.1 Å². The lowest BCUT2D eigenvalue weighted by atomic mass is 9.70. The monoisotopic (exact) mass is 259 g/mol. The lowest BCUT2D eigenvalue weighted by Crippen LogP contribution is -2.36. The second-order valence-corrected chi connectivity index (χ2v) is 5.44. The van der Waals surface area contributed by atoms with Gasteiger partial charge in [0.05, 0.1) is 18.1 Å². The standard InChI is InChI=1S/C15H17NO3/c1-19-13(17)11-2-3-12-9-15(5-4-10(12)8-11)6-7-16-14(15)18/h2-3,8H,4-7,9H2,1H3,(H,16,18)/t15-/m0/s1. The van der Waals surface area contributed by atoms with Gasteiger partial charge >= 0.3 is 5.97 Å². The molecule has 0 bridgehead atoms. The molecule has 0 unspecified atom stereocenters. The summed E-state index contributed by atoms with van der Waals surface area (Å²) in [5, 5.41) is 2.94. The van der Waals surface area contributed by atoms with Crippen molar-refractivity contribution in [3.63, 3.8) is 0 Å². The molecule has 1 atom stereocenters. The topological polar surface area (TPSA) is 55.4 Å². The Labute approximate surface area is 112 Å². The Morgan fingerprint density at radius 2 is 2.16 bits per heavy atom. The molecule has 1 aromatic carbocycles. The van der Waals surface area contributed by atoms with Crippen molar-refractivity contribution in [2.24, 2.45) is 5.41 Å². The molecule has 1 aliphatic carbocycles. The van der Waals surface area contributed by atoms with Crippen molar-refractivity contribution in [1.29, 1.82) is 0 Å². The van der Waals surface area contributed by atoms with E-state index in [0.29, 0.717) is 5.56 Å². The van der Waals surface area contributed by atoms with Gasteiger partial charge in [0.25, 0.3) is 0 Å². The van der Waals surface area contributed by atoms with Crippen molar-refractivity contribution >= 4 is 11.9 Å². The van der Waals surface area contributed by atoms with Crippen molar-refractivity contribution in [2.45, 2.75) is 25.7 Å². The van der Waals surface area contributed by atoms with E-state index >= 15 is 0 Å². The van der Waals surface area contributed by atoms with Crippen molar-refractivity contribution in [3.05, 3.63) is 34.9 Å². The van der Waals surface area contributed by atoms with Gasteiger partial charge in [0.2, 0.25) is 5.91 Å². The summed E-state index contributed by atoms with van der Waals surface area (Å²) in [6.07, 6.45) is 3.43. The van der Waals surface area contributed by atoms with Crippen molar-refractivity contribution in [2.75, 3.05) is 13.7 Å². The molecule has 19 heavy (non-hydrogen) atoms. The van der Waals surface area contributed by atoms with Gasteiger partial charge in [-0.25, -0.2) is 4.79 Å². The highest BCUT2D eigenvalue weighted by molar-refractivity contribution is 5.90. The number of aryl methyl sites for hydroxylation is 1. The van der Waals surface area contributed by atoms with Crippen LogP contribution in [0, 0.1) is 5.41 Å². The first-order valence-electron chi connectivity index (χ1n) is 6.63. The van der Waals surface area contributed by atoms with Crippen molar-refractivity contribution < 1.29 is 14.3 Å². The van der Waals surface area contributed by atoms with E-state index in [0.717, 1.165) is 32.2 Å². The maximum Gasteiger partial charge on any atom is 0.337 e. The molecular weight excluding hydrogens is 242 g/mol. The fourth-order valence-corrected chi connectivity index (χ4v) is 3.23. The summed E-state index contributed by atoms with van der Waals surface area (Å²) in [5.41, 5.74) is 2.75. The second kappa shape index (κ2) is 4.37. The average molecular weight is 259 g/mol. The van der Waals surface area contributed by atoms with Gasteiger partial charge in [0, 0.05) is 6.54 Å². The number of carbonyl (C=O) groups is 2. The quantitative estimate of drug-likeness (QED) is 0.777. The SMILES string of the molecule is COC(=O)c1ccc2c(c1)CC[C@]1(CCNC1=O)C2. The minimum absolute atomic E-state index is 0.190. The highest BCUT2D eigenvalue weighted by Crippen LogP contribution is 2.41. The van der Waals surface area contributed by atoms with E-state index in [9.17, 15) is 9.59 Å². The molecule has 0 aromatic heterocycles. The summed E-state index contributed by atoms with van der Waals surface area (Å²) < 4.78 is 4.73. The van der Waals surface area contributed by atoms with Crippen molar-refractivity contribution in [1.82, 2.24) is 5.32 Å². The molecule has 4 nitrogen and oxygen atoms in total. The first-order chi connectivity index (χ1) is 9.14. The molecule has 2 aliphatic rings. The van der Waals surface area contributed by atoms with Crippen LogP contribution in [0.15, 0.2) is 18.2 Å². The zero-order valence-corrected chi connectivity index (χ0v) is 11.0. The minimum Gasteiger partial charge on any atom is -0.465 e. The first-order valence-corrected chi connectivity index (χ1v) is 6.63. The lowest BCUT2D eigenvalue weighted by Gasteiger charge is -2.32. The summed E-state index contributed by atoms with van der Waals surface area (Å²) in [5.74, 6) is -0.114. The zero-order chi connectivity index (χ0) is 13.5. The summed E-state index contributed by atoms with van der Waals surface area (Å²) in [6.45, 7) is 0.786. The molecule has 1 aliphatic heterocycles. The van der Waals surface area contributed by atoms with Crippen LogP contribution >= 0.6 is 0 Å². The van der Waals surface area contributed by atoms with Gasteiger partial charge in [0.15, 0.2) is 0 Å². The Morgan fingerprint density at radius 1 is 1.32 bits per heavy atom. The van der Waals surface area contributed by atoms with Gasteiger partial charge in [-0.1, -0.05) is 6.07 Å². The summed E-state index contributed by atoms with van der Waals surface area (Å²) in [6, 6.07) is 5.66. The van der Waals surface area contributed by atoms with Gasteiger partial charge in [-0.15, -0.1) is 0 Å². The molecule has 4 heteroatoms. The summed E-state index contributed by atoms with van der Waals surface area (Å²) in [4.78, 5) is 23.5. The second-order valence-electron chi connectivity index (χ2n) is 5.44. The highest BCUT2D eigenvalue weighted by Gasteiger charge is 2.44. The average Bonchev–Trinajstić information content (AvgIpc) is 2.78. The minimum atomic E-state index is -0.304. The van der Waals surface area contributed by atoms with Gasteiger partial charge < -0.3 is 10.1 Å². The van der Waals surface area contributed by atoms with E-state index < -0.39 is 0 Å². The van der Waals surface area contributed by atoms with E-state index in [1.54, 1.807) is 6.07 Å². The van der Waals surface area contributed by atoms with Crippen LogP contribution in [-0.4, -0.2) is 25.5 Å². The predicted molar refractivity (Wildman–Crippen MR) is 69.9 cm³/mol. The molecule has 0 saturated carbocycles. The molecule has 1 fully saturated rings. The highest BCUT2D eigenvalue weighted by atomic mass is 16.5. The number of carbonyl (C=O) groups excluding carboxylic acids is 2. The fourth-order valence-electron chi connectivity index (χ4n) is 3.23. The maximum absolute atomic E-state index is 12.0. The number of ether oxygens (including phenoxy) is 1. The van der Waals surface area contributed by atoms with Crippen molar-refractivity contribution in [3.8, 4) is 0 Å². The van der Waals surface area contributed by atoms with E-state index in [4.69, 9.17) is 4.74 Å². The van der Waals surface area contributed by atoms with Crippen LogP contribution in [0.1, 0.15) is 34.3 Å². The van der Waals surface area contributed by atoms with Crippen LogP contribution in [0.2, 0.25) is 0 Å². The third-order valence-corrected chi connectivity index (χ3v) is 4.40. The number of benzene rings is 1. The molecule has 1 heterocycles.